The number of hydrogen-bond donors (Lipinski definition) is 2. The zero-order chi connectivity index (χ0) is 25.6. The number of oxazole rings is 2. The highest BCUT2D eigenvalue weighted by atomic mass is 35.5. The van der Waals surface area contributed by atoms with Gasteiger partial charge in [-0.25, -0.2) is 4.79 Å². The van der Waals surface area contributed by atoms with Crippen LogP contribution in [0.2, 0.25) is 0 Å². The standard InChI is InChI=1S/C24H21ClN4O6S/c1-11-5-4-6-14(17(11)25)13(3)33-23(32)27-18-12(2)29-36-15(18)7-8-16-26-19-20(34-16)35-21(28-19)24(9-10-24)22(30)31/h4,6,11,13H,5,9-10H2,1-3H3,(H,27,32)(H,30,31). The summed E-state index contributed by atoms with van der Waals surface area (Å²) in [5.74, 6) is 4.98. The van der Waals surface area contributed by atoms with E-state index in [1.54, 1.807) is 13.8 Å². The molecule has 10 nitrogen and oxygen atoms in total. The molecule has 2 atom stereocenters. The minimum Gasteiger partial charge on any atom is -0.480 e. The van der Waals surface area contributed by atoms with E-state index in [-0.39, 0.29) is 29.1 Å². The molecule has 12 heteroatoms. The fourth-order valence-corrected chi connectivity index (χ4v) is 4.82. The first-order valence-corrected chi connectivity index (χ1v) is 12.4. The van der Waals surface area contributed by atoms with E-state index >= 15 is 0 Å². The number of ether oxygens (including phenoxy) is 1. The van der Waals surface area contributed by atoms with E-state index in [0.29, 0.717) is 34.1 Å². The largest absolute Gasteiger partial charge is 0.480 e. The van der Waals surface area contributed by atoms with Crippen LogP contribution in [0, 0.1) is 24.7 Å². The number of anilines is 1. The lowest BCUT2D eigenvalue weighted by atomic mass is 9.95. The van der Waals surface area contributed by atoms with E-state index in [0.717, 1.165) is 23.5 Å². The van der Waals surface area contributed by atoms with Crippen LogP contribution >= 0.6 is 23.1 Å². The number of allylic oxidation sites excluding steroid dienone is 2. The molecule has 0 aliphatic heterocycles. The van der Waals surface area contributed by atoms with Crippen molar-refractivity contribution < 1.29 is 28.3 Å². The number of nitrogens with zero attached hydrogens (tertiary/aromatic N) is 3. The number of carboxylic acids is 1. The quantitative estimate of drug-likeness (QED) is 0.431. The number of aliphatic carboxylic acids is 1. The van der Waals surface area contributed by atoms with Crippen LogP contribution in [0.1, 0.15) is 55.5 Å². The number of carbonyl (C=O) groups is 2. The van der Waals surface area contributed by atoms with Gasteiger partial charge < -0.3 is 18.7 Å². The van der Waals surface area contributed by atoms with Gasteiger partial charge in [0.2, 0.25) is 11.5 Å². The molecule has 186 valence electrons. The number of halogens is 1. The van der Waals surface area contributed by atoms with Gasteiger partial charge in [-0.2, -0.15) is 14.3 Å². The number of amides is 1. The number of nitrogens with one attached hydrogen (secondary N) is 1. The Morgan fingerprint density at radius 3 is 2.81 bits per heavy atom. The van der Waals surface area contributed by atoms with Crippen LogP contribution < -0.4 is 5.32 Å². The van der Waals surface area contributed by atoms with Gasteiger partial charge in [0.15, 0.2) is 0 Å². The Morgan fingerprint density at radius 1 is 1.33 bits per heavy atom. The van der Waals surface area contributed by atoms with Crippen molar-refractivity contribution in [2.45, 2.75) is 51.6 Å². The van der Waals surface area contributed by atoms with E-state index in [4.69, 9.17) is 25.2 Å². The molecular formula is C24H21ClN4O6S. The van der Waals surface area contributed by atoms with Crippen LogP contribution in [0.4, 0.5) is 10.5 Å². The van der Waals surface area contributed by atoms with Crippen LogP contribution in [0.5, 0.6) is 0 Å². The maximum Gasteiger partial charge on any atom is 0.412 e. The number of carbonyl (C=O) groups excluding carboxylic acids is 1. The van der Waals surface area contributed by atoms with Crippen LogP contribution in [-0.2, 0) is 14.9 Å². The van der Waals surface area contributed by atoms with Crippen LogP contribution in [0.15, 0.2) is 31.6 Å². The van der Waals surface area contributed by atoms with Gasteiger partial charge in [-0.3, -0.25) is 10.1 Å². The van der Waals surface area contributed by atoms with Crippen molar-refractivity contribution in [2.75, 3.05) is 5.32 Å². The van der Waals surface area contributed by atoms with Gasteiger partial charge in [-0.05, 0) is 62.4 Å². The monoisotopic (exact) mass is 528 g/mol. The Hall–Kier alpha value is -3.62. The minimum absolute atomic E-state index is 0.0114. The number of aromatic nitrogens is 3. The molecular weight excluding hydrogens is 508 g/mol. The van der Waals surface area contributed by atoms with Gasteiger partial charge in [0.25, 0.3) is 5.89 Å². The maximum absolute atomic E-state index is 12.6. The van der Waals surface area contributed by atoms with Crippen molar-refractivity contribution >= 4 is 52.3 Å². The van der Waals surface area contributed by atoms with Crippen molar-refractivity contribution in [3.63, 3.8) is 0 Å². The Balaban J connectivity index is 1.29. The Kier molecular flexibility index (Phi) is 6.10. The van der Waals surface area contributed by atoms with Gasteiger partial charge >= 0.3 is 17.8 Å². The molecule has 0 radical (unpaired) electrons. The predicted molar refractivity (Wildman–Crippen MR) is 131 cm³/mol. The number of fused-ring (bicyclic) bond motifs is 1. The fraction of sp³-hybridized carbons (Fsp3) is 0.375. The fourth-order valence-electron chi connectivity index (χ4n) is 3.81. The molecule has 3 aromatic rings. The molecule has 2 N–H and O–H groups in total. The summed E-state index contributed by atoms with van der Waals surface area (Å²) >= 11 is 7.51. The average Bonchev–Trinajstić information content (AvgIpc) is 3.27. The summed E-state index contributed by atoms with van der Waals surface area (Å²) in [7, 11) is 0. The highest BCUT2D eigenvalue weighted by Gasteiger charge is 2.56. The normalized spacial score (nSPS) is 19.1. The third kappa shape index (κ3) is 4.38. The van der Waals surface area contributed by atoms with Crippen molar-refractivity contribution in [1.82, 2.24) is 14.3 Å². The van der Waals surface area contributed by atoms with E-state index in [2.05, 4.69) is 31.5 Å². The molecule has 36 heavy (non-hydrogen) atoms. The summed E-state index contributed by atoms with van der Waals surface area (Å²) in [5, 5.41) is 12.8. The van der Waals surface area contributed by atoms with Gasteiger partial charge in [0.05, 0.1) is 11.4 Å². The number of aryl methyl sites for hydroxylation is 1. The summed E-state index contributed by atoms with van der Waals surface area (Å²) < 4.78 is 20.8. The number of rotatable bonds is 5. The lowest BCUT2D eigenvalue weighted by molar-refractivity contribution is -0.140. The summed E-state index contributed by atoms with van der Waals surface area (Å²) in [6.45, 7) is 5.52. The van der Waals surface area contributed by atoms with Gasteiger partial charge in [0.1, 0.15) is 16.4 Å². The van der Waals surface area contributed by atoms with Gasteiger partial charge in [-0.1, -0.05) is 30.7 Å². The predicted octanol–water partition coefficient (Wildman–Crippen LogP) is 5.12. The average molecular weight is 529 g/mol. The van der Waals surface area contributed by atoms with E-state index < -0.39 is 23.6 Å². The number of carboxylic acid groups (broad SMARTS) is 1. The molecule has 3 heterocycles. The topological polar surface area (TPSA) is 141 Å². The molecule has 2 aliphatic rings. The summed E-state index contributed by atoms with van der Waals surface area (Å²) in [6, 6.07) is 0. The van der Waals surface area contributed by atoms with Crippen LogP contribution in [0.3, 0.4) is 0 Å². The minimum atomic E-state index is -1.09. The van der Waals surface area contributed by atoms with Crippen molar-refractivity contribution in [2.24, 2.45) is 5.92 Å². The Morgan fingerprint density at radius 2 is 2.11 bits per heavy atom. The molecule has 0 spiro atoms. The molecule has 3 aromatic heterocycles. The second-order valence-corrected chi connectivity index (χ2v) is 9.95. The third-order valence-electron chi connectivity index (χ3n) is 6.14. The summed E-state index contributed by atoms with van der Waals surface area (Å²) in [5.41, 5.74) is 0.831. The second kappa shape index (κ2) is 9.11. The molecule has 0 saturated heterocycles. The van der Waals surface area contributed by atoms with Crippen molar-refractivity contribution in [3.8, 4) is 11.8 Å². The Bertz CT molecular complexity index is 1470. The zero-order valence-electron chi connectivity index (χ0n) is 19.5. The Labute approximate surface area is 214 Å². The first-order chi connectivity index (χ1) is 17.2. The number of hydrogen-bond acceptors (Lipinski definition) is 9. The first kappa shape index (κ1) is 24.1. The second-order valence-electron chi connectivity index (χ2n) is 8.77. The molecule has 0 aromatic carbocycles. The molecule has 1 saturated carbocycles. The SMILES string of the molecule is Cc1nsc(C#Cc2nc3nc(C4(C(=O)O)CC4)oc3o2)c1NC(=O)OC(C)C1=C(Cl)C(C)CC=C1. The smallest absolute Gasteiger partial charge is 0.412 e. The van der Waals surface area contributed by atoms with Crippen molar-refractivity contribution in [1.29, 1.82) is 0 Å². The molecule has 5 rings (SSSR count). The lowest BCUT2D eigenvalue weighted by Crippen LogP contribution is -2.23. The van der Waals surface area contributed by atoms with Crippen LogP contribution in [-0.4, -0.2) is 37.6 Å². The van der Waals surface area contributed by atoms with Crippen molar-refractivity contribution in [3.05, 3.63) is 45.1 Å². The lowest BCUT2D eigenvalue weighted by Gasteiger charge is -2.22. The summed E-state index contributed by atoms with van der Waals surface area (Å²) in [4.78, 5) is 32.8. The van der Waals surface area contributed by atoms with Gasteiger partial charge in [0, 0.05) is 10.6 Å². The van der Waals surface area contributed by atoms with E-state index in [9.17, 15) is 14.7 Å². The maximum atomic E-state index is 12.6. The zero-order valence-corrected chi connectivity index (χ0v) is 21.1. The molecule has 0 bridgehead atoms. The van der Waals surface area contributed by atoms with E-state index in [1.807, 2.05) is 19.1 Å². The third-order valence-corrected chi connectivity index (χ3v) is 7.58. The highest BCUT2D eigenvalue weighted by Crippen LogP contribution is 2.48. The molecule has 2 unspecified atom stereocenters. The van der Waals surface area contributed by atoms with E-state index in [1.165, 1.54) is 0 Å². The first-order valence-electron chi connectivity index (χ1n) is 11.2. The van der Waals surface area contributed by atoms with Gasteiger partial charge in [-0.15, -0.1) is 0 Å². The highest BCUT2D eigenvalue weighted by molar-refractivity contribution is 7.07. The summed E-state index contributed by atoms with van der Waals surface area (Å²) in [6.07, 6.45) is 4.46. The molecule has 2 aliphatic carbocycles. The molecule has 1 amide bonds. The molecule has 1 fully saturated rings. The van der Waals surface area contributed by atoms with Crippen LogP contribution in [0.25, 0.3) is 11.4 Å².